The SMILES string of the molecule is Cc1ccccc1Cc1nc2c(C)cccc2[nH]1. The molecule has 0 saturated heterocycles. The molecule has 0 aliphatic heterocycles. The number of nitrogens with zero attached hydrogens (tertiary/aromatic N) is 1. The second kappa shape index (κ2) is 4.30. The highest BCUT2D eigenvalue weighted by atomic mass is 14.9. The van der Waals surface area contributed by atoms with Crippen LogP contribution in [-0.4, -0.2) is 9.97 Å². The molecule has 0 aliphatic carbocycles. The van der Waals surface area contributed by atoms with Crippen LogP contribution in [-0.2, 0) is 6.42 Å². The van der Waals surface area contributed by atoms with Gasteiger partial charge in [0.15, 0.2) is 0 Å². The zero-order chi connectivity index (χ0) is 12.5. The molecule has 3 rings (SSSR count). The molecule has 2 nitrogen and oxygen atoms in total. The summed E-state index contributed by atoms with van der Waals surface area (Å²) in [5, 5.41) is 0. The quantitative estimate of drug-likeness (QED) is 0.721. The van der Waals surface area contributed by atoms with E-state index in [0.29, 0.717) is 0 Å². The molecule has 1 heterocycles. The van der Waals surface area contributed by atoms with Crippen LogP contribution in [0.1, 0.15) is 22.5 Å². The Morgan fingerprint density at radius 1 is 0.944 bits per heavy atom. The lowest BCUT2D eigenvalue weighted by atomic mass is 10.1. The fraction of sp³-hybridized carbons (Fsp3) is 0.188. The first-order chi connectivity index (χ1) is 8.74. The Morgan fingerprint density at radius 3 is 2.50 bits per heavy atom. The van der Waals surface area contributed by atoms with Crippen LogP contribution in [0, 0.1) is 13.8 Å². The summed E-state index contributed by atoms with van der Waals surface area (Å²) >= 11 is 0. The van der Waals surface area contributed by atoms with Crippen LogP contribution in [0.25, 0.3) is 11.0 Å². The van der Waals surface area contributed by atoms with E-state index < -0.39 is 0 Å². The van der Waals surface area contributed by atoms with Crippen molar-refractivity contribution in [2.24, 2.45) is 0 Å². The molecule has 1 aromatic heterocycles. The largest absolute Gasteiger partial charge is 0.342 e. The number of benzene rings is 2. The van der Waals surface area contributed by atoms with E-state index in [0.717, 1.165) is 23.3 Å². The summed E-state index contributed by atoms with van der Waals surface area (Å²) in [6.45, 7) is 4.24. The molecule has 3 aromatic rings. The molecule has 0 atom stereocenters. The highest BCUT2D eigenvalue weighted by Gasteiger charge is 2.06. The van der Waals surface area contributed by atoms with E-state index in [9.17, 15) is 0 Å². The first-order valence-corrected chi connectivity index (χ1v) is 6.23. The third-order valence-electron chi connectivity index (χ3n) is 3.38. The predicted octanol–water partition coefficient (Wildman–Crippen LogP) is 3.77. The standard InChI is InChI=1S/C16H16N2/c1-11-6-3-4-8-13(11)10-15-17-14-9-5-7-12(2)16(14)18-15/h3-9H,10H2,1-2H3,(H,17,18). The number of aromatic amines is 1. The highest BCUT2D eigenvalue weighted by molar-refractivity contribution is 5.78. The lowest BCUT2D eigenvalue weighted by Crippen LogP contribution is -1.93. The van der Waals surface area contributed by atoms with E-state index in [-0.39, 0.29) is 0 Å². The number of fused-ring (bicyclic) bond motifs is 1. The predicted molar refractivity (Wildman–Crippen MR) is 74.8 cm³/mol. The number of aromatic nitrogens is 2. The first kappa shape index (κ1) is 11.0. The minimum absolute atomic E-state index is 0.862. The fourth-order valence-electron chi connectivity index (χ4n) is 2.30. The molecule has 0 saturated carbocycles. The highest BCUT2D eigenvalue weighted by Crippen LogP contribution is 2.18. The van der Waals surface area contributed by atoms with Crippen molar-refractivity contribution in [3.8, 4) is 0 Å². The fourth-order valence-corrected chi connectivity index (χ4v) is 2.30. The summed E-state index contributed by atoms with van der Waals surface area (Å²) in [5.41, 5.74) is 6.07. The van der Waals surface area contributed by atoms with Gasteiger partial charge in [0.1, 0.15) is 5.82 Å². The maximum atomic E-state index is 4.69. The van der Waals surface area contributed by atoms with Gasteiger partial charge in [0.25, 0.3) is 0 Å². The van der Waals surface area contributed by atoms with E-state index in [1.165, 1.54) is 16.7 Å². The van der Waals surface area contributed by atoms with E-state index in [1.807, 2.05) is 0 Å². The molecule has 0 aliphatic rings. The molecule has 0 bridgehead atoms. The van der Waals surface area contributed by atoms with Crippen LogP contribution in [0.4, 0.5) is 0 Å². The van der Waals surface area contributed by atoms with Crippen molar-refractivity contribution in [3.63, 3.8) is 0 Å². The Bertz CT molecular complexity index is 695. The summed E-state index contributed by atoms with van der Waals surface area (Å²) in [6, 6.07) is 14.7. The van der Waals surface area contributed by atoms with Gasteiger partial charge in [-0.05, 0) is 36.6 Å². The van der Waals surface area contributed by atoms with Crippen molar-refractivity contribution in [2.75, 3.05) is 0 Å². The van der Waals surface area contributed by atoms with Crippen LogP contribution in [0.15, 0.2) is 42.5 Å². The third-order valence-corrected chi connectivity index (χ3v) is 3.38. The molecule has 0 amide bonds. The van der Waals surface area contributed by atoms with Crippen molar-refractivity contribution < 1.29 is 0 Å². The van der Waals surface area contributed by atoms with E-state index in [1.54, 1.807) is 0 Å². The number of aryl methyl sites for hydroxylation is 2. The molecule has 18 heavy (non-hydrogen) atoms. The molecule has 0 radical (unpaired) electrons. The molecule has 1 N–H and O–H groups in total. The van der Waals surface area contributed by atoms with Gasteiger partial charge < -0.3 is 4.98 Å². The van der Waals surface area contributed by atoms with Gasteiger partial charge in [0.05, 0.1) is 11.0 Å². The van der Waals surface area contributed by atoms with Gasteiger partial charge in [-0.1, -0.05) is 36.4 Å². The minimum atomic E-state index is 0.862. The maximum absolute atomic E-state index is 4.69. The summed E-state index contributed by atoms with van der Waals surface area (Å²) < 4.78 is 0. The number of hydrogen-bond acceptors (Lipinski definition) is 1. The van der Waals surface area contributed by atoms with Crippen molar-refractivity contribution in [2.45, 2.75) is 20.3 Å². The van der Waals surface area contributed by atoms with Crippen molar-refractivity contribution in [1.29, 1.82) is 0 Å². The average molecular weight is 236 g/mol. The normalized spacial score (nSPS) is 11.0. The van der Waals surface area contributed by atoms with Crippen LogP contribution < -0.4 is 0 Å². The Labute approximate surface area is 107 Å². The lowest BCUT2D eigenvalue weighted by molar-refractivity contribution is 1.02. The Balaban J connectivity index is 2.01. The number of H-pyrrole nitrogens is 1. The summed E-state index contributed by atoms with van der Waals surface area (Å²) in [5.74, 6) is 1.04. The molecule has 0 spiro atoms. The minimum Gasteiger partial charge on any atom is -0.342 e. The van der Waals surface area contributed by atoms with Crippen LogP contribution >= 0.6 is 0 Å². The number of hydrogen-bond donors (Lipinski definition) is 1. The molecular weight excluding hydrogens is 220 g/mol. The number of imidazole rings is 1. The van der Waals surface area contributed by atoms with Crippen LogP contribution in [0.3, 0.4) is 0 Å². The number of nitrogens with one attached hydrogen (secondary N) is 1. The van der Waals surface area contributed by atoms with Crippen molar-refractivity contribution >= 4 is 11.0 Å². The molecular formula is C16H16N2. The topological polar surface area (TPSA) is 28.7 Å². The third kappa shape index (κ3) is 1.90. The summed E-state index contributed by atoms with van der Waals surface area (Å²) in [4.78, 5) is 8.09. The van der Waals surface area contributed by atoms with E-state index in [2.05, 4.69) is 61.3 Å². The second-order valence-corrected chi connectivity index (χ2v) is 4.76. The van der Waals surface area contributed by atoms with Gasteiger partial charge in [-0.25, -0.2) is 4.98 Å². The zero-order valence-electron chi connectivity index (χ0n) is 10.7. The van der Waals surface area contributed by atoms with Crippen LogP contribution in [0.2, 0.25) is 0 Å². The Hall–Kier alpha value is -2.09. The monoisotopic (exact) mass is 236 g/mol. The summed E-state index contributed by atoms with van der Waals surface area (Å²) in [7, 11) is 0. The molecule has 90 valence electrons. The lowest BCUT2D eigenvalue weighted by Gasteiger charge is -2.02. The number of para-hydroxylation sites is 1. The molecule has 0 fully saturated rings. The Morgan fingerprint density at radius 2 is 1.72 bits per heavy atom. The molecule has 0 unspecified atom stereocenters. The van der Waals surface area contributed by atoms with Crippen LogP contribution in [0.5, 0.6) is 0 Å². The second-order valence-electron chi connectivity index (χ2n) is 4.76. The van der Waals surface area contributed by atoms with Gasteiger partial charge in [-0.2, -0.15) is 0 Å². The maximum Gasteiger partial charge on any atom is 0.111 e. The van der Waals surface area contributed by atoms with Gasteiger partial charge in [0, 0.05) is 6.42 Å². The van der Waals surface area contributed by atoms with Gasteiger partial charge >= 0.3 is 0 Å². The van der Waals surface area contributed by atoms with E-state index >= 15 is 0 Å². The number of rotatable bonds is 2. The van der Waals surface area contributed by atoms with E-state index in [4.69, 9.17) is 4.98 Å². The summed E-state index contributed by atoms with van der Waals surface area (Å²) in [6.07, 6.45) is 0.862. The van der Waals surface area contributed by atoms with Gasteiger partial charge in [-0.3, -0.25) is 0 Å². The van der Waals surface area contributed by atoms with Gasteiger partial charge in [0.2, 0.25) is 0 Å². The van der Waals surface area contributed by atoms with Crippen molar-refractivity contribution in [1.82, 2.24) is 9.97 Å². The average Bonchev–Trinajstić information content (AvgIpc) is 2.76. The Kier molecular flexibility index (Phi) is 2.63. The first-order valence-electron chi connectivity index (χ1n) is 6.23. The van der Waals surface area contributed by atoms with Crippen molar-refractivity contribution in [3.05, 3.63) is 65.0 Å². The van der Waals surface area contributed by atoms with Gasteiger partial charge in [-0.15, -0.1) is 0 Å². The smallest absolute Gasteiger partial charge is 0.111 e. The zero-order valence-corrected chi connectivity index (χ0v) is 10.7. The molecule has 2 aromatic carbocycles. The molecule has 2 heteroatoms.